The number of carbonyl (C=O) groups excluding carboxylic acids is 1. The first kappa shape index (κ1) is 13.2. The molecule has 18 heavy (non-hydrogen) atoms. The monoisotopic (exact) mass is 325 g/mol. The average Bonchev–Trinajstić information content (AvgIpc) is 2.83. The molecule has 0 radical (unpaired) electrons. The van der Waals surface area contributed by atoms with Crippen LogP contribution in [0.25, 0.3) is 0 Å². The average molecular weight is 326 g/mol. The first-order valence-electron chi connectivity index (χ1n) is 5.35. The molecule has 5 heteroatoms. The van der Waals surface area contributed by atoms with Gasteiger partial charge in [-0.1, -0.05) is 12.1 Å². The summed E-state index contributed by atoms with van der Waals surface area (Å²) < 4.78 is 5.72. The van der Waals surface area contributed by atoms with Crippen molar-refractivity contribution in [3.05, 3.63) is 52.4 Å². The molecule has 0 saturated carbocycles. The molecule has 2 aromatic rings. The highest BCUT2D eigenvalue weighted by molar-refractivity contribution is 9.10. The van der Waals surface area contributed by atoms with Crippen LogP contribution in [0, 0.1) is 0 Å². The number of amides is 1. The van der Waals surface area contributed by atoms with Gasteiger partial charge in [0.25, 0.3) is 5.91 Å². The van der Waals surface area contributed by atoms with E-state index in [1.165, 1.54) is 4.90 Å². The molecule has 0 fully saturated rings. The molecule has 0 bridgehead atoms. The SMILES string of the molecule is CSc1ccc(CNC(=O)c2ccc(Br)o2)cc1. The van der Waals surface area contributed by atoms with Crippen molar-refractivity contribution in [2.45, 2.75) is 11.4 Å². The number of thioether (sulfide) groups is 1. The topological polar surface area (TPSA) is 42.2 Å². The lowest BCUT2D eigenvalue weighted by Gasteiger charge is -2.04. The van der Waals surface area contributed by atoms with Crippen molar-refractivity contribution in [2.24, 2.45) is 0 Å². The highest BCUT2D eigenvalue weighted by Gasteiger charge is 2.09. The first-order valence-corrected chi connectivity index (χ1v) is 7.37. The van der Waals surface area contributed by atoms with Crippen molar-refractivity contribution >= 4 is 33.6 Å². The van der Waals surface area contributed by atoms with Crippen LogP contribution >= 0.6 is 27.7 Å². The van der Waals surface area contributed by atoms with E-state index in [1.807, 2.05) is 30.5 Å². The standard InChI is InChI=1S/C13H12BrNO2S/c1-18-10-4-2-9(3-5-10)8-15-13(16)11-6-7-12(14)17-11/h2-7H,8H2,1H3,(H,15,16). The third-order valence-electron chi connectivity index (χ3n) is 2.41. The van der Waals surface area contributed by atoms with Crippen LogP contribution in [0.1, 0.15) is 16.1 Å². The molecule has 1 amide bonds. The van der Waals surface area contributed by atoms with Gasteiger partial charge in [-0.3, -0.25) is 4.79 Å². The molecule has 1 aromatic heterocycles. The fraction of sp³-hybridized carbons (Fsp3) is 0.154. The summed E-state index contributed by atoms with van der Waals surface area (Å²) in [6, 6.07) is 11.4. The normalized spacial score (nSPS) is 10.3. The molecule has 94 valence electrons. The number of benzene rings is 1. The van der Waals surface area contributed by atoms with Gasteiger partial charge in [-0.2, -0.15) is 0 Å². The summed E-state index contributed by atoms with van der Waals surface area (Å²) in [7, 11) is 0. The summed E-state index contributed by atoms with van der Waals surface area (Å²) in [6.07, 6.45) is 2.03. The molecule has 0 saturated heterocycles. The van der Waals surface area contributed by atoms with Crippen molar-refractivity contribution in [3.63, 3.8) is 0 Å². The minimum absolute atomic E-state index is 0.213. The molecular formula is C13H12BrNO2S. The Morgan fingerprint density at radius 1 is 1.28 bits per heavy atom. The van der Waals surface area contributed by atoms with Crippen LogP contribution in [-0.2, 0) is 6.54 Å². The van der Waals surface area contributed by atoms with E-state index in [2.05, 4.69) is 21.2 Å². The van der Waals surface area contributed by atoms with Crippen LogP contribution in [0.2, 0.25) is 0 Å². The molecular weight excluding hydrogens is 314 g/mol. The molecule has 1 heterocycles. The second-order valence-corrected chi connectivity index (χ2v) is 5.30. The van der Waals surface area contributed by atoms with Gasteiger partial charge in [-0.05, 0) is 52.0 Å². The summed E-state index contributed by atoms with van der Waals surface area (Å²) in [5.41, 5.74) is 1.06. The largest absolute Gasteiger partial charge is 0.444 e. The maximum absolute atomic E-state index is 11.7. The van der Waals surface area contributed by atoms with Gasteiger partial charge in [0.2, 0.25) is 0 Å². The third kappa shape index (κ3) is 3.40. The first-order chi connectivity index (χ1) is 8.69. The number of halogens is 1. The minimum atomic E-state index is -0.213. The molecule has 1 aromatic carbocycles. The molecule has 1 N–H and O–H groups in total. The maximum atomic E-state index is 11.7. The van der Waals surface area contributed by atoms with E-state index in [9.17, 15) is 4.79 Å². The number of hydrogen-bond donors (Lipinski definition) is 1. The Bertz CT molecular complexity index is 536. The summed E-state index contributed by atoms with van der Waals surface area (Å²) in [5, 5.41) is 2.81. The molecule has 0 aliphatic carbocycles. The fourth-order valence-corrected chi connectivity index (χ4v) is 2.16. The number of hydrogen-bond acceptors (Lipinski definition) is 3. The highest BCUT2D eigenvalue weighted by atomic mass is 79.9. The Morgan fingerprint density at radius 2 is 2.00 bits per heavy atom. The number of furan rings is 1. The number of carbonyl (C=O) groups is 1. The van der Waals surface area contributed by atoms with Gasteiger partial charge in [0.05, 0.1) is 0 Å². The second-order valence-electron chi connectivity index (χ2n) is 3.63. The Hall–Kier alpha value is -1.20. The Balaban J connectivity index is 1.92. The zero-order valence-corrected chi connectivity index (χ0v) is 12.2. The van der Waals surface area contributed by atoms with Crippen LogP contribution < -0.4 is 5.32 Å². The van der Waals surface area contributed by atoms with Crippen LogP contribution in [0.3, 0.4) is 0 Å². The van der Waals surface area contributed by atoms with Crippen LogP contribution in [0.15, 0.2) is 50.4 Å². The van der Waals surface area contributed by atoms with E-state index in [0.717, 1.165) is 5.56 Å². The van der Waals surface area contributed by atoms with E-state index in [1.54, 1.807) is 23.9 Å². The van der Waals surface area contributed by atoms with Crippen molar-refractivity contribution in [1.29, 1.82) is 0 Å². The van der Waals surface area contributed by atoms with Crippen LogP contribution in [-0.4, -0.2) is 12.2 Å². The van der Waals surface area contributed by atoms with E-state index in [0.29, 0.717) is 17.0 Å². The zero-order valence-electron chi connectivity index (χ0n) is 9.77. The van der Waals surface area contributed by atoms with Crippen LogP contribution in [0.5, 0.6) is 0 Å². The molecule has 3 nitrogen and oxygen atoms in total. The van der Waals surface area contributed by atoms with E-state index < -0.39 is 0 Å². The smallest absolute Gasteiger partial charge is 0.287 e. The van der Waals surface area contributed by atoms with E-state index >= 15 is 0 Å². The van der Waals surface area contributed by atoms with Gasteiger partial charge in [-0.25, -0.2) is 0 Å². The lowest BCUT2D eigenvalue weighted by atomic mass is 10.2. The van der Waals surface area contributed by atoms with E-state index in [4.69, 9.17) is 4.42 Å². The molecule has 0 spiro atoms. The van der Waals surface area contributed by atoms with Crippen LogP contribution in [0.4, 0.5) is 0 Å². The number of nitrogens with one attached hydrogen (secondary N) is 1. The summed E-state index contributed by atoms with van der Waals surface area (Å²) in [4.78, 5) is 12.9. The lowest BCUT2D eigenvalue weighted by molar-refractivity contribution is 0.0922. The predicted molar refractivity (Wildman–Crippen MR) is 75.8 cm³/mol. The van der Waals surface area contributed by atoms with Crippen molar-refractivity contribution < 1.29 is 9.21 Å². The van der Waals surface area contributed by atoms with Gasteiger partial charge in [0.15, 0.2) is 10.4 Å². The molecule has 0 aliphatic rings. The quantitative estimate of drug-likeness (QED) is 0.871. The van der Waals surface area contributed by atoms with E-state index in [-0.39, 0.29) is 5.91 Å². The fourth-order valence-electron chi connectivity index (χ4n) is 1.45. The predicted octanol–water partition coefficient (Wildman–Crippen LogP) is 3.69. The lowest BCUT2D eigenvalue weighted by Crippen LogP contribution is -2.22. The number of rotatable bonds is 4. The summed E-state index contributed by atoms with van der Waals surface area (Å²) >= 11 is 4.86. The Morgan fingerprint density at radius 3 is 2.56 bits per heavy atom. The summed E-state index contributed by atoms with van der Waals surface area (Å²) in [6.45, 7) is 0.492. The molecule has 2 rings (SSSR count). The minimum Gasteiger partial charge on any atom is -0.444 e. The third-order valence-corrected chi connectivity index (χ3v) is 3.58. The Kier molecular flexibility index (Phi) is 4.49. The van der Waals surface area contributed by atoms with Gasteiger partial charge < -0.3 is 9.73 Å². The highest BCUT2D eigenvalue weighted by Crippen LogP contribution is 2.16. The van der Waals surface area contributed by atoms with Crippen molar-refractivity contribution in [3.8, 4) is 0 Å². The van der Waals surface area contributed by atoms with Crippen molar-refractivity contribution in [2.75, 3.05) is 6.26 Å². The molecule has 0 atom stereocenters. The van der Waals surface area contributed by atoms with Gasteiger partial charge >= 0.3 is 0 Å². The Labute approximate surface area is 118 Å². The molecule has 0 aliphatic heterocycles. The zero-order chi connectivity index (χ0) is 13.0. The summed E-state index contributed by atoms with van der Waals surface area (Å²) in [5.74, 6) is 0.0947. The second kappa shape index (κ2) is 6.11. The van der Waals surface area contributed by atoms with Gasteiger partial charge in [0, 0.05) is 11.4 Å². The maximum Gasteiger partial charge on any atom is 0.287 e. The van der Waals surface area contributed by atoms with Gasteiger partial charge in [-0.15, -0.1) is 11.8 Å². The molecule has 0 unspecified atom stereocenters. The van der Waals surface area contributed by atoms with Gasteiger partial charge in [0.1, 0.15) is 0 Å². The van der Waals surface area contributed by atoms with Crippen molar-refractivity contribution in [1.82, 2.24) is 5.32 Å².